The molecule has 0 spiro atoms. The van der Waals surface area contributed by atoms with Crippen molar-refractivity contribution in [2.45, 2.75) is 57.7 Å². The zero-order valence-corrected chi connectivity index (χ0v) is 18.8. The Morgan fingerprint density at radius 1 is 1.18 bits per heavy atom. The van der Waals surface area contributed by atoms with Crippen molar-refractivity contribution in [2.75, 3.05) is 31.1 Å². The van der Waals surface area contributed by atoms with Crippen LogP contribution in [0.15, 0.2) is 18.2 Å². The SMILES string of the molecule is CCCCCCC1(N2CCNCC2)C(=O)N(c2ccc([N+](=O)[O-])c(C(F)(F)F)c2)C(=O)C1C. The molecule has 8 nitrogen and oxygen atoms in total. The largest absolute Gasteiger partial charge is 0.423 e. The number of carbonyl (C=O) groups excluding carboxylic acids is 2. The lowest BCUT2D eigenvalue weighted by molar-refractivity contribution is -0.388. The number of nitrogens with zero attached hydrogens (tertiary/aromatic N) is 3. The first kappa shape index (κ1) is 25.1. The van der Waals surface area contributed by atoms with Gasteiger partial charge in [-0.1, -0.05) is 39.5 Å². The zero-order chi connectivity index (χ0) is 24.4. The Bertz CT molecular complexity index is 917. The number of nitrogens with one attached hydrogen (secondary N) is 1. The van der Waals surface area contributed by atoms with E-state index in [9.17, 15) is 32.9 Å². The molecule has 0 aromatic heterocycles. The molecule has 0 radical (unpaired) electrons. The molecule has 2 fully saturated rings. The summed E-state index contributed by atoms with van der Waals surface area (Å²) < 4.78 is 40.6. The van der Waals surface area contributed by atoms with Crippen LogP contribution in [0, 0.1) is 16.0 Å². The number of rotatable bonds is 8. The third-order valence-corrected chi connectivity index (χ3v) is 6.71. The van der Waals surface area contributed by atoms with Crippen LogP contribution in [0.4, 0.5) is 24.5 Å². The van der Waals surface area contributed by atoms with Crippen LogP contribution in [0.3, 0.4) is 0 Å². The molecule has 2 unspecified atom stereocenters. The first-order chi connectivity index (χ1) is 15.6. The molecule has 2 aliphatic rings. The molecule has 1 aromatic rings. The van der Waals surface area contributed by atoms with Crippen molar-refractivity contribution in [3.05, 3.63) is 33.9 Å². The first-order valence-corrected chi connectivity index (χ1v) is 11.3. The number of benzene rings is 1. The highest BCUT2D eigenvalue weighted by molar-refractivity contribution is 6.25. The van der Waals surface area contributed by atoms with Gasteiger partial charge in [0.15, 0.2) is 0 Å². The topological polar surface area (TPSA) is 95.8 Å². The molecule has 2 amide bonds. The smallest absolute Gasteiger partial charge is 0.314 e. The number of alkyl halides is 3. The van der Waals surface area contributed by atoms with Crippen LogP contribution < -0.4 is 10.2 Å². The summed E-state index contributed by atoms with van der Waals surface area (Å²) in [5.74, 6) is -1.90. The quantitative estimate of drug-likeness (QED) is 0.269. The van der Waals surface area contributed by atoms with Crippen molar-refractivity contribution in [3.63, 3.8) is 0 Å². The highest BCUT2D eigenvalue weighted by atomic mass is 19.4. The van der Waals surface area contributed by atoms with Gasteiger partial charge in [0.1, 0.15) is 11.1 Å². The normalized spacial score (nSPS) is 24.5. The predicted molar refractivity (Wildman–Crippen MR) is 116 cm³/mol. The van der Waals surface area contributed by atoms with E-state index in [1.807, 2.05) is 4.90 Å². The van der Waals surface area contributed by atoms with E-state index in [2.05, 4.69) is 12.2 Å². The second-order valence-electron chi connectivity index (χ2n) is 8.63. The maximum absolute atomic E-state index is 13.8. The van der Waals surface area contributed by atoms with E-state index in [1.54, 1.807) is 6.92 Å². The Balaban J connectivity index is 2.05. The Labute approximate surface area is 190 Å². The Kier molecular flexibility index (Phi) is 7.42. The van der Waals surface area contributed by atoms with Gasteiger partial charge in [-0.15, -0.1) is 0 Å². The van der Waals surface area contributed by atoms with Crippen LogP contribution in [0.5, 0.6) is 0 Å². The molecule has 11 heteroatoms. The van der Waals surface area contributed by atoms with Crippen LogP contribution in [0.25, 0.3) is 0 Å². The number of hydrogen-bond donors (Lipinski definition) is 1. The lowest BCUT2D eigenvalue weighted by atomic mass is 9.80. The number of nitro groups is 1. The number of piperazine rings is 1. The van der Waals surface area contributed by atoms with Gasteiger partial charge in [0, 0.05) is 32.2 Å². The minimum absolute atomic E-state index is 0.291. The molecule has 1 aromatic carbocycles. The number of amides is 2. The van der Waals surface area contributed by atoms with Gasteiger partial charge in [0.05, 0.1) is 16.5 Å². The summed E-state index contributed by atoms with van der Waals surface area (Å²) in [5, 5.41) is 14.3. The van der Waals surface area contributed by atoms with Crippen LogP contribution in [0.1, 0.15) is 51.5 Å². The molecular weight excluding hydrogens is 441 g/mol. The Morgan fingerprint density at radius 3 is 2.42 bits per heavy atom. The molecule has 0 bridgehead atoms. The van der Waals surface area contributed by atoms with Gasteiger partial charge in [0.2, 0.25) is 5.91 Å². The number of imide groups is 1. The zero-order valence-electron chi connectivity index (χ0n) is 18.8. The standard InChI is InChI=1S/C22H29F3N4O4/c1-3-4-5-6-9-21(27-12-10-26-11-13-27)15(2)19(30)28(20(21)31)16-7-8-18(29(32)33)17(14-16)22(23,24)25/h7-8,14-15,26H,3-6,9-13H2,1-2H3. The molecule has 3 rings (SSSR count). The fraction of sp³-hybridized carbons (Fsp3) is 0.636. The number of carbonyl (C=O) groups is 2. The molecule has 0 aliphatic carbocycles. The van der Waals surface area contributed by atoms with Crippen LogP contribution in [-0.2, 0) is 15.8 Å². The molecule has 33 heavy (non-hydrogen) atoms. The fourth-order valence-electron chi connectivity index (χ4n) is 4.95. The van der Waals surface area contributed by atoms with Gasteiger partial charge >= 0.3 is 6.18 Å². The van der Waals surface area contributed by atoms with Crippen LogP contribution in [0.2, 0.25) is 0 Å². The summed E-state index contributed by atoms with van der Waals surface area (Å²) in [6, 6.07) is 2.28. The minimum atomic E-state index is -5.01. The molecule has 2 atom stereocenters. The van der Waals surface area contributed by atoms with Crippen LogP contribution >= 0.6 is 0 Å². The number of halogens is 3. The molecule has 2 saturated heterocycles. The Hall–Kier alpha value is -2.53. The van der Waals surface area contributed by atoms with E-state index >= 15 is 0 Å². The summed E-state index contributed by atoms with van der Waals surface area (Å²) in [6.07, 6.45) is -1.01. The molecule has 0 saturated carbocycles. The molecule has 2 aliphatic heterocycles. The first-order valence-electron chi connectivity index (χ1n) is 11.3. The van der Waals surface area contributed by atoms with Crippen molar-refractivity contribution in [3.8, 4) is 0 Å². The highest BCUT2D eigenvalue weighted by Crippen LogP contribution is 2.44. The van der Waals surface area contributed by atoms with Gasteiger partial charge in [-0.05, 0) is 18.6 Å². The third kappa shape index (κ3) is 4.61. The van der Waals surface area contributed by atoms with Gasteiger partial charge in [0.25, 0.3) is 11.6 Å². The minimum Gasteiger partial charge on any atom is -0.314 e. The lowest BCUT2D eigenvalue weighted by Crippen LogP contribution is -2.62. The fourth-order valence-corrected chi connectivity index (χ4v) is 4.95. The van der Waals surface area contributed by atoms with E-state index in [0.29, 0.717) is 51.2 Å². The second-order valence-corrected chi connectivity index (χ2v) is 8.63. The molecule has 182 valence electrons. The van der Waals surface area contributed by atoms with Crippen molar-refractivity contribution in [1.82, 2.24) is 10.2 Å². The summed E-state index contributed by atoms with van der Waals surface area (Å²) in [7, 11) is 0. The summed E-state index contributed by atoms with van der Waals surface area (Å²) in [6.45, 7) is 6.07. The van der Waals surface area contributed by atoms with Crippen molar-refractivity contribution >= 4 is 23.2 Å². The molecular formula is C22H29F3N4O4. The van der Waals surface area contributed by atoms with Crippen LogP contribution in [-0.4, -0.2) is 53.4 Å². The predicted octanol–water partition coefficient (Wildman–Crippen LogP) is 3.74. The van der Waals surface area contributed by atoms with E-state index in [0.717, 1.165) is 30.2 Å². The summed E-state index contributed by atoms with van der Waals surface area (Å²) in [5.41, 5.74) is -4.04. The lowest BCUT2D eigenvalue weighted by Gasteiger charge is -2.43. The van der Waals surface area contributed by atoms with Gasteiger partial charge in [-0.2, -0.15) is 13.2 Å². The molecule has 2 heterocycles. The van der Waals surface area contributed by atoms with Gasteiger partial charge < -0.3 is 5.32 Å². The second kappa shape index (κ2) is 9.76. The maximum Gasteiger partial charge on any atom is 0.423 e. The average molecular weight is 470 g/mol. The van der Waals surface area contributed by atoms with E-state index in [4.69, 9.17) is 0 Å². The van der Waals surface area contributed by atoms with Crippen molar-refractivity contribution in [1.29, 1.82) is 0 Å². The Morgan fingerprint density at radius 2 is 1.85 bits per heavy atom. The van der Waals surface area contributed by atoms with Crippen molar-refractivity contribution < 1.29 is 27.7 Å². The average Bonchev–Trinajstić information content (AvgIpc) is 2.97. The maximum atomic E-state index is 13.8. The molecule has 1 N–H and O–H groups in total. The van der Waals surface area contributed by atoms with E-state index in [1.165, 1.54) is 0 Å². The van der Waals surface area contributed by atoms with E-state index in [-0.39, 0.29) is 5.69 Å². The highest BCUT2D eigenvalue weighted by Gasteiger charge is 2.60. The monoisotopic (exact) mass is 470 g/mol. The van der Waals surface area contributed by atoms with Crippen molar-refractivity contribution in [2.24, 2.45) is 5.92 Å². The van der Waals surface area contributed by atoms with E-state index < -0.39 is 45.6 Å². The summed E-state index contributed by atoms with van der Waals surface area (Å²) in [4.78, 5) is 39.9. The van der Waals surface area contributed by atoms with Gasteiger partial charge in [-0.25, -0.2) is 4.90 Å². The van der Waals surface area contributed by atoms with Gasteiger partial charge in [-0.3, -0.25) is 24.6 Å². The number of anilines is 1. The number of hydrogen-bond acceptors (Lipinski definition) is 6. The third-order valence-electron chi connectivity index (χ3n) is 6.71. The number of unbranched alkanes of at least 4 members (excludes halogenated alkanes) is 3. The number of nitro benzene ring substituents is 1. The summed E-state index contributed by atoms with van der Waals surface area (Å²) >= 11 is 0.